The molecule has 3 rings (SSSR count). The highest BCUT2D eigenvalue weighted by atomic mass is 32.2. The molecule has 2 aromatic rings. The van der Waals surface area contributed by atoms with Gasteiger partial charge in [-0.1, -0.05) is 48.4 Å². The fourth-order valence-electron chi connectivity index (χ4n) is 2.76. The zero-order chi connectivity index (χ0) is 13.9. The van der Waals surface area contributed by atoms with Crippen molar-refractivity contribution in [1.82, 2.24) is 20.2 Å². The topological polar surface area (TPSA) is 43.6 Å². The molecule has 1 heterocycles. The Kier molecular flexibility index (Phi) is 4.05. The van der Waals surface area contributed by atoms with Crippen LogP contribution in [0.3, 0.4) is 0 Å². The summed E-state index contributed by atoms with van der Waals surface area (Å²) in [6, 6.07) is 7.11. The second kappa shape index (κ2) is 5.95. The molecule has 0 radical (unpaired) electrons. The first kappa shape index (κ1) is 13.6. The van der Waals surface area contributed by atoms with Crippen LogP contribution in [0, 0.1) is 13.8 Å². The van der Waals surface area contributed by atoms with Crippen LogP contribution in [0.25, 0.3) is 0 Å². The molecule has 0 atom stereocenters. The number of aromatic nitrogens is 4. The zero-order valence-corrected chi connectivity index (χ0v) is 12.9. The second-order valence-corrected chi connectivity index (χ2v) is 6.51. The van der Waals surface area contributed by atoms with Gasteiger partial charge in [-0.15, -0.1) is 5.10 Å². The maximum Gasteiger partial charge on any atom is 0.209 e. The summed E-state index contributed by atoms with van der Waals surface area (Å²) >= 11 is 1.74. The molecule has 5 heteroatoms. The molecule has 0 aliphatic heterocycles. The van der Waals surface area contributed by atoms with Gasteiger partial charge in [0.2, 0.25) is 5.16 Å². The molecular weight excluding hydrogens is 268 g/mol. The van der Waals surface area contributed by atoms with E-state index in [-0.39, 0.29) is 0 Å². The lowest BCUT2D eigenvalue weighted by molar-refractivity contribution is 0.423. The lowest BCUT2D eigenvalue weighted by atomic mass is 10.1. The maximum absolute atomic E-state index is 4.19. The molecule has 1 aromatic heterocycles. The average Bonchev–Trinajstić information content (AvgIpc) is 3.09. The van der Waals surface area contributed by atoms with Gasteiger partial charge in [0.25, 0.3) is 0 Å². The summed E-state index contributed by atoms with van der Waals surface area (Å²) in [7, 11) is 0. The van der Waals surface area contributed by atoms with Crippen LogP contribution in [0.5, 0.6) is 0 Å². The largest absolute Gasteiger partial charge is 0.217 e. The molecule has 0 amide bonds. The predicted molar refractivity (Wildman–Crippen MR) is 80.8 cm³/mol. The molecule has 0 bridgehead atoms. The quantitative estimate of drug-likeness (QED) is 0.805. The molecule has 0 spiro atoms. The van der Waals surface area contributed by atoms with Crippen LogP contribution in [-0.4, -0.2) is 20.2 Å². The zero-order valence-electron chi connectivity index (χ0n) is 12.0. The van der Waals surface area contributed by atoms with Gasteiger partial charge in [-0.25, -0.2) is 4.68 Å². The minimum atomic E-state index is 0.506. The highest BCUT2D eigenvalue weighted by Crippen LogP contribution is 2.32. The van der Waals surface area contributed by atoms with E-state index < -0.39 is 0 Å². The van der Waals surface area contributed by atoms with E-state index in [1.54, 1.807) is 11.8 Å². The predicted octanol–water partition coefficient (Wildman–Crippen LogP) is 3.70. The van der Waals surface area contributed by atoms with Crippen molar-refractivity contribution in [2.75, 3.05) is 0 Å². The summed E-state index contributed by atoms with van der Waals surface area (Å²) in [4.78, 5) is 0. The van der Waals surface area contributed by atoms with Gasteiger partial charge < -0.3 is 0 Å². The number of tetrazole rings is 1. The molecule has 1 fully saturated rings. The SMILES string of the molecule is Cc1ccc(C)c(CSc2nnnn2C2CCCC2)c1. The minimum absolute atomic E-state index is 0.506. The molecule has 20 heavy (non-hydrogen) atoms. The standard InChI is InChI=1S/C15H20N4S/c1-11-7-8-12(2)13(9-11)10-20-15-16-17-18-19(15)14-5-3-4-6-14/h7-9,14H,3-6,10H2,1-2H3. The van der Waals surface area contributed by atoms with E-state index >= 15 is 0 Å². The van der Waals surface area contributed by atoms with Crippen molar-refractivity contribution in [2.45, 2.75) is 56.5 Å². The number of hydrogen-bond donors (Lipinski definition) is 0. The lowest BCUT2D eigenvalue weighted by Gasteiger charge is -2.11. The van der Waals surface area contributed by atoms with Gasteiger partial charge in [-0.2, -0.15) is 0 Å². The average molecular weight is 288 g/mol. The van der Waals surface area contributed by atoms with Crippen molar-refractivity contribution in [3.8, 4) is 0 Å². The molecule has 0 saturated heterocycles. The number of aryl methyl sites for hydroxylation is 2. The van der Waals surface area contributed by atoms with Crippen molar-refractivity contribution < 1.29 is 0 Å². The Bertz CT molecular complexity index is 587. The Morgan fingerprint density at radius 1 is 1.25 bits per heavy atom. The van der Waals surface area contributed by atoms with Crippen LogP contribution in [0.15, 0.2) is 23.4 Å². The highest BCUT2D eigenvalue weighted by molar-refractivity contribution is 7.98. The molecular formula is C15H20N4S. The first-order valence-corrected chi connectivity index (χ1v) is 8.19. The Labute approximate surface area is 124 Å². The molecule has 1 aliphatic rings. The summed E-state index contributed by atoms with van der Waals surface area (Å²) in [5.74, 6) is 0.931. The molecule has 4 nitrogen and oxygen atoms in total. The fourth-order valence-corrected chi connectivity index (χ4v) is 3.76. The molecule has 0 unspecified atom stereocenters. The van der Waals surface area contributed by atoms with Gasteiger partial charge in [0.15, 0.2) is 0 Å². The maximum atomic E-state index is 4.19. The van der Waals surface area contributed by atoms with Crippen LogP contribution >= 0.6 is 11.8 Å². The summed E-state index contributed by atoms with van der Waals surface area (Å²) in [5, 5.41) is 13.2. The van der Waals surface area contributed by atoms with E-state index in [1.807, 2.05) is 4.68 Å². The van der Waals surface area contributed by atoms with Crippen LogP contribution in [-0.2, 0) is 5.75 Å². The van der Waals surface area contributed by atoms with Crippen LogP contribution in [0.2, 0.25) is 0 Å². The van der Waals surface area contributed by atoms with Crippen LogP contribution in [0.1, 0.15) is 48.4 Å². The highest BCUT2D eigenvalue weighted by Gasteiger charge is 2.21. The van der Waals surface area contributed by atoms with E-state index in [1.165, 1.54) is 42.4 Å². The number of hydrogen-bond acceptors (Lipinski definition) is 4. The Hall–Kier alpha value is -1.36. The third kappa shape index (κ3) is 2.87. The minimum Gasteiger partial charge on any atom is -0.217 e. The monoisotopic (exact) mass is 288 g/mol. The Balaban J connectivity index is 1.72. The Morgan fingerprint density at radius 2 is 2.05 bits per heavy atom. The third-order valence-electron chi connectivity index (χ3n) is 3.99. The van der Waals surface area contributed by atoms with Gasteiger partial charge in [0, 0.05) is 5.75 Å². The van der Waals surface area contributed by atoms with E-state index in [9.17, 15) is 0 Å². The van der Waals surface area contributed by atoms with Gasteiger partial charge in [0.05, 0.1) is 6.04 Å². The molecule has 1 aromatic carbocycles. The van der Waals surface area contributed by atoms with E-state index in [4.69, 9.17) is 0 Å². The summed E-state index contributed by atoms with van der Waals surface area (Å²) in [6.45, 7) is 4.30. The van der Waals surface area contributed by atoms with Gasteiger partial charge >= 0.3 is 0 Å². The second-order valence-electron chi connectivity index (χ2n) is 5.56. The van der Waals surface area contributed by atoms with Crippen molar-refractivity contribution in [2.24, 2.45) is 0 Å². The van der Waals surface area contributed by atoms with Crippen LogP contribution in [0.4, 0.5) is 0 Å². The van der Waals surface area contributed by atoms with Crippen molar-refractivity contribution in [1.29, 1.82) is 0 Å². The summed E-state index contributed by atoms with van der Waals surface area (Å²) in [6.07, 6.45) is 5.02. The van der Waals surface area contributed by atoms with E-state index in [0.29, 0.717) is 6.04 Å². The number of rotatable bonds is 4. The van der Waals surface area contributed by atoms with E-state index in [0.717, 1.165) is 10.9 Å². The molecule has 106 valence electrons. The molecule has 1 aliphatic carbocycles. The van der Waals surface area contributed by atoms with Crippen LogP contribution < -0.4 is 0 Å². The fraction of sp³-hybridized carbons (Fsp3) is 0.533. The first-order chi connectivity index (χ1) is 9.74. The molecule has 1 saturated carbocycles. The molecule has 0 N–H and O–H groups in total. The van der Waals surface area contributed by atoms with Crippen molar-refractivity contribution >= 4 is 11.8 Å². The third-order valence-corrected chi connectivity index (χ3v) is 4.98. The van der Waals surface area contributed by atoms with Gasteiger partial charge in [-0.3, -0.25) is 0 Å². The van der Waals surface area contributed by atoms with E-state index in [2.05, 4.69) is 47.6 Å². The number of benzene rings is 1. The van der Waals surface area contributed by atoms with Gasteiger partial charge in [0.1, 0.15) is 0 Å². The number of thioether (sulfide) groups is 1. The van der Waals surface area contributed by atoms with Gasteiger partial charge in [-0.05, 0) is 48.2 Å². The number of nitrogens with zero attached hydrogens (tertiary/aromatic N) is 4. The lowest BCUT2D eigenvalue weighted by Crippen LogP contribution is -2.08. The Morgan fingerprint density at radius 3 is 2.85 bits per heavy atom. The van der Waals surface area contributed by atoms with Crippen molar-refractivity contribution in [3.63, 3.8) is 0 Å². The van der Waals surface area contributed by atoms with Crippen molar-refractivity contribution in [3.05, 3.63) is 34.9 Å². The normalized spacial score (nSPS) is 15.9. The summed E-state index contributed by atoms with van der Waals surface area (Å²) < 4.78 is 2.03. The smallest absolute Gasteiger partial charge is 0.209 e. The summed E-state index contributed by atoms with van der Waals surface area (Å²) in [5.41, 5.74) is 4.01. The first-order valence-electron chi connectivity index (χ1n) is 7.21.